The van der Waals surface area contributed by atoms with Gasteiger partial charge < -0.3 is 5.11 Å². The smallest absolute Gasteiger partial charge is 0.336 e. The third-order valence-electron chi connectivity index (χ3n) is 3.34. The molecule has 8 heteroatoms. The van der Waals surface area contributed by atoms with Crippen molar-refractivity contribution < 1.29 is 19.5 Å². The van der Waals surface area contributed by atoms with Crippen LogP contribution in [-0.2, 0) is 11.8 Å². The van der Waals surface area contributed by atoms with Crippen molar-refractivity contribution >= 4 is 34.5 Å². The lowest BCUT2D eigenvalue weighted by Crippen LogP contribution is -2.49. The van der Waals surface area contributed by atoms with Gasteiger partial charge in [-0.15, -0.1) is 0 Å². The fourth-order valence-electron chi connectivity index (χ4n) is 2.40. The molecule has 1 fully saturated rings. The van der Waals surface area contributed by atoms with Crippen LogP contribution in [0.15, 0.2) is 18.3 Å². The Labute approximate surface area is 118 Å². The van der Waals surface area contributed by atoms with E-state index in [0.717, 1.165) is 0 Å². The number of hydrogen-bond acceptors (Lipinski definition) is 4. The Balaban J connectivity index is 2.16. The highest BCUT2D eigenvalue weighted by Crippen LogP contribution is 2.29. The maximum absolute atomic E-state index is 11.9. The summed E-state index contributed by atoms with van der Waals surface area (Å²) < 4.78 is 1.49. The summed E-state index contributed by atoms with van der Waals surface area (Å²) in [4.78, 5) is 35.8. The van der Waals surface area contributed by atoms with Crippen molar-refractivity contribution in [2.75, 3.05) is 11.4 Å². The van der Waals surface area contributed by atoms with Crippen LogP contribution in [0.1, 0.15) is 16.8 Å². The Bertz CT molecular complexity index is 780. The van der Waals surface area contributed by atoms with Crippen LogP contribution >= 0.6 is 0 Å². The third-order valence-corrected chi connectivity index (χ3v) is 3.34. The summed E-state index contributed by atoms with van der Waals surface area (Å²) in [5, 5.41) is 16.1. The number of benzene rings is 1. The van der Waals surface area contributed by atoms with Crippen molar-refractivity contribution in [2.45, 2.75) is 6.42 Å². The number of aryl methyl sites for hydroxylation is 1. The van der Waals surface area contributed by atoms with Gasteiger partial charge in [0.1, 0.15) is 5.52 Å². The fourth-order valence-corrected chi connectivity index (χ4v) is 2.40. The molecule has 0 radical (unpaired) electrons. The molecule has 0 atom stereocenters. The number of rotatable bonds is 2. The van der Waals surface area contributed by atoms with Gasteiger partial charge in [0, 0.05) is 31.6 Å². The quantitative estimate of drug-likeness (QED) is 0.847. The van der Waals surface area contributed by atoms with Gasteiger partial charge in [-0.25, -0.2) is 9.59 Å². The molecule has 0 bridgehead atoms. The molecule has 2 aromatic rings. The Hall–Kier alpha value is -2.90. The highest BCUT2D eigenvalue weighted by molar-refractivity contribution is 6.12. The predicted molar refractivity (Wildman–Crippen MR) is 73.2 cm³/mol. The number of imide groups is 1. The maximum Gasteiger partial charge on any atom is 0.336 e. The molecule has 1 aliphatic heterocycles. The second-order valence-electron chi connectivity index (χ2n) is 4.76. The van der Waals surface area contributed by atoms with Crippen LogP contribution in [0, 0.1) is 0 Å². The fraction of sp³-hybridized carbons (Fsp3) is 0.231. The average molecular weight is 288 g/mol. The summed E-state index contributed by atoms with van der Waals surface area (Å²) in [6.45, 7) is 0.239. The van der Waals surface area contributed by atoms with Crippen molar-refractivity contribution in [1.29, 1.82) is 0 Å². The Morgan fingerprint density at radius 1 is 1.38 bits per heavy atom. The highest BCUT2D eigenvalue weighted by atomic mass is 16.4. The van der Waals surface area contributed by atoms with Crippen molar-refractivity contribution in [2.24, 2.45) is 7.05 Å². The van der Waals surface area contributed by atoms with E-state index in [0.29, 0.717) is 16.6 Å². The van der Waals surface area contributed by atoms with E-state index in [-0.39, 0.29) is 24.4 Å². The number of carbonyl (C=O) groups excluding carboxylic acids is 2. The van der Waals surface area contributed by atoms with Crippen LogP contribution in [0.3, 0.4) is 0 Å². The lowest BCUT2D eigenvalue weighted by molar-refractivity contribution is -0.120. The molecule has 1 aliphatic rings. The van der Waals surface area contributed by atoms with E-state index >= 15 is 0 Å². The van der Waals surface area contributed by atoms with E-state index < -0.39 is 12.0 Å². The number of anilines is 1. The summed E-state index contributed by atoms with van der Waals surface area (Å²) in [5.41, 5.74) is 1.03. The number of aromatic carboxylic acids is 1. The number of hydrogen-bond donors (Lipinski definition) is 2. The summed E-state index contributed by atoms with van der Waals surface area (Å²) in [7, 11) is 1.68. The molecule has 1 aromatic heterocycles. The zero-order valence-corrected chi connectivity index (χ0v) is 11.2. The molecule has 0 unspecified atom stereocenters. The predicted octanol–water partition coefficient (Wildman–Crippen LogP) is 0.718. The van der Waals surface area contributed by atoms with E-state index in [4.69, 9.17) is 0 Å². The second kappa shape index (κ2) is 4.58. The van der Waals surface area contributed by atoms with Crippen molar-refractivity contribution in [3.63, 3.8) is 0 Å². The van der Waals surface area contributed by atoms with Gasteiger partial charge in [-0.05, 0) is 12.1 Å². The number of carbonyl (C=O) groups is 3. The van der Waals surface area contributed by atoms with Crippen LogP contribution in [0.5, 0.6) is 0 Å². The lowest BCUT2D eigenvalue weighted by Gasteiger charge is -2.26. The third kappa shape index (κ3) is 2.10. The SMILES string of the molecule is Cn1cc2c(C(=O)O)ccc(N3CCC(=O)NC3=O)c2n1. The molecule has 1 saturated heterocycles. The standard InChI is InChI=1S/C13H12N4O4/c1-16-6-8-7(12(19)20)2-3-9(11(8)15-16)17-5-4-10(18)14-13(17)21/h2-3,6H,4-5H2,1H3,(H,19,20)(H,14,18,21). The average Bonchev–Trinajstić information content (AvgIpc) is 2.79. The molecule has 0 aliphatic carbocycles. The van der Waals surface area contributed by atoms with Gasteiger partial charge in [0.25, 0.3) is 0 Å². The Morgan fingerprint density at radius 3 is 2.81 bits per heavy atom. The van der Waals surface area contributed by atoms with E-state index in [1.807, 2.05) is 0 Å². The summed E-state index contributed by atoms with van der Waals surface area (Å²) >= 11 is 0. The van der Waals surface area contributed by atoms with Crippen LogP contribution in [0.4, 0.5) is 10.5 Å². The number of carboxylic acids is 1. The summed E-state index contributed by atoms with van der Waals surface area (Å²) in [6.07, 6.45) is 1.79. The van der Waals surface area contributed by atoms with Gasteiger partial charge in [0.15, 0.2) is 0 Å². The largest absolute Gasteiger partial charge is 0.478 e. The maximum atomic E-state index is 11.9. The molecule has 3 amide bonds. The molecule has 3 rings (SSSR count). The van der Waals surface area contributed by atoms with E-state index in [1.165, 1.54) is 21.7 Å². The summed E-state index contributed by atoms with van der Waals surface area (Å²) in [6, 6.07) is 2.45. The van der Waals surface area contributed by atoms with Gasteiger partial charge >= 0.3 is 12.0 Å². The Morgan fingerprint density at radius 2 is 2.14 bits per heavy atom. The zero-order valence-electron chi connectivity index (χ0n) is 11.2. The minimum atomic E-state index is -1.06. The molecule has 8 nitrogen and oxygen atoms in total. The second-order valence-corrected chi connectivity index (χ2v) is 4.76. The van der Waals surface area contributed by atoms with Gasteiger partial charge in [-0.3, -0.25) is 19.7 Å². The number of nitrogens with one attached hydrogen (secondary N) is 1. The number of urea groups is 1. The number of amides is 3. The van der Waals surface area contributed by atoms with Gasteiger partial charge in [-0.2, -0.15) is 5.10 Å². The monoisotopic (exact) mass is 288 g/mol. The van der Waals surface area contributed by atoms with Gasteiger partial charge in [-0.1, -0.05) is 0 Å². The molecular weight excluding hydrogens is 276 g/mol. The molecule has 108 valence electrons. The normalized spacial score (nSPS) is 15.4. The molecule has 0 spiro atoms. The molecule has 21 heavy (non-hydrogen) atoms. The minimum Gasteiger partial charge on any atom is -0.478 e. The van der Waals surface area contributed by atoms with Crippen molar-refractivity contribution in [1.82, 2.24) is 15.1 Å². The van der Waals surface area contributed by atoms with E-state index in [1.54, 1.807) is 13.2 Å². The first-order valence-electron chi connectivity index (χ1n) is 6.28. The van der Waals surface area contributed by atoms with Gasteiger partial charge in [0.05, 0.1) is 11.3 Å². The molecule has 2 heterocycles. The Kier molecular flexibility index (Phi) is 2.86. The zero-order chi connectivity index (χ0) is 15.1. The van der Waals surface area contributed by atoms with Crippen LogP contribution in [0.2, 0.25) is 0 Å². The number of fused-ring (bicyclic) bond motifs is 1. The first kappa shape index (κ1) is 13.1. The van der Waals surface area contributed by atoms with Crippen molar-refractivity contribution in [3.8, 4) is 0 Å². The van der Waals surface area contributed by atoms with Gasteiger partial charge in [0.2, 0.25) is 5.91 Å². The number of nitrogens with zero attached hydrogens (tertiary/aromatic N) is 3. The van der Waals surface area contributed by atoms with E-state index in [2.05, 4.69) is 10.4 Å². The lowest BCUT2D eigenvalue weighted by atomic mass is 10.1. The van der Waals surface area contributed by atoms with Crippen LogP contribution in [-0.4, -0.2) is 39.3 Å². The van der Waals surface area contributed by atoms with Crippen LogP contribution < -0.4 is 10.2 Å². The molecule has 0 saturated carbocycles. The number of carboxylic acid groups (broad SMARTS) is 1. The van der Waals surface area contributed by atoms with Crippen molar-refractivity contribution in [3.05, 3.63) is 23.9 Å². The highest BCUT2D eigenvalue weighted by Gasteiger charge is 2.27. The van der Waals surface area contributed by atoms with E-state index in [9.17, 15) is 19.5 Å². The molecule has 1 aromatic carbocycles. The topological polar surface area (TPSA) is 105 Å². The molecule has 2 N–H and O–H groups in total. The number of aromatic nitrogens is 2. The first-order valence-corrected chi connectivity index (χ1v) is 6.28. The van der Waals surface area contributed by atoms with Crippen LogP contribution in [0.25, 0.3) is 10.9 Å². The summed E-state index contributed by atoms with van der Waals surface area (Å²) in [5.74, 6) is -1.38. The molecular formula is C13H12N4O4. The first-order chi connectivity index (χ1) is 9.97. The minimum absolute atomic E-state index is 0.121.